The van der Waals surface area contributed by atoms with Crippen molar-refractivity contribution in [1.82, 2.24) is 9.29 Å². The van der Waals surface area contributed by atoms with Gasteiger partial charge in [0.25, 0.3) is 0 Å². The van der Waals surface area contributed by atoms with Crippen LogP contribution in [-0.2, 0) is 19.6 Å². The maximum absolute atomic E-state index is 13.5. The fraction of sp³-hybridized carbons (Fsp3) is 0.550. The third-order valence-corrected chi connectivity index (χ3v) is 9.14. The Kier molecular flexibility index (Phi) is 8.38. The standard InChI is InChI=1S/C18H21ClN4O4S2.C2HF3O2/c1-11(4-5-20)21-17-22-15-14(28-17)3-2-13(19)16(15)29(25,26)23-6-12-7-27-10-18(12,8-23)9-24;3-2(4,5)1(6)7/h2-3,11-12,24H,4,6-10H2,1H3,(H,21,22);(H,6,7)/t11?,12-,18-;/m1./s1. The zero-order chi connectivity index (χ0) is 26.9. The van der Waals surface area contributed by atoms with Crippen molar-refractivity contribution >= 4 is 54.3 Å². The van der Waals surface area contributed by atoms with Crippen molar-refractivity contribution in [3.8, 4) is 6.07 Å². The fourth-order valence-electron chi connectivity index (χ4n) is 3.97. The summed E-state index contributed by atoms with van der Waals surface area (Å²) in [4.78, 5) is 13.4. The van der Waals surface area contributed by atoms with Crippen LogP contribution in [0.15, 0.2) is 17.0 Å². The zero-order valence-electron chi connectivity index (χ0n) is 18.7. The van der Waals surface area contributed by atoms with Gasteiger partial charge in [0.05, 0.1) is 42.0 Å². The van der Waals surface area contributed by atoms with Gasteiger partial charge in [-0.05, 0) is 19.1 Å². The van der Waals surface area contributed by atoms with Crippen LogP contribution >= 0.6 is 22.9 Å². The van der Waals surface area contributed by atoms with Crippen LogP contribution in [0.3, 0.4) is 0 Å². The first kappa shape index (κ1) is 28.4. The number of nitrogens with zero attached hydrogens (tertiary/aromatic N) is 3. The van der Waals surface area contributed by atoms with Gasteiger partial charge in [-0.1, -0.05) is 22.9 Å². The number of carbonyl (C=O) groups is 1. The minimum atomic E-state index is -5.08. The first-order chi connectivity index (χ1) is 16.7. The van der Waals surface area contributed by atoms with Crippen LogP contribution in [-0.4, -0.2) is 79.0 Å². The van der Waals surface area contributed by atoms with Gasteiger partial charge in [-0.15, -0.1) is 0 Å². The van der Waals surface area contributed by atoms with Crippen LogP contribution in [0.4, 0.5) is 18.3 Å². The number of alkyl halides is 3. The van der Waals surface area contributed by atoms with Gasteiger partial charge < -0.3 is 20.3 Å². The summed E-state index contributed by atoms with van der Waals surface area (Å²) in [5.74, 6) is -2.80. The molecule has 0 bridgehead atoms. The molecule has 0 saturated carbocycles. The van der Waals surface area contributed by atoms with E-state index in [1.54, 1.807) is 12.1 Å². The minimum Gasteiger partial charge on any atom is -0.475 e. The first-order valence-electron chi connectivity index (χ1n) is 10.5. The number of carboxylic acids is 1. The molecule has 0 spiro atoms. The predicted molar refractivity (Wildman–Crippen MR) is 124 cm³/mol. The van der Waals surface area contributed by atoms with E-state index in [9.17, 15) is 26.7 Å². The second-order valence-corrected chi connectivity index (χ2v) is 11.8. The molecule has 2 aromatic rings. The van der Waals surface area contributed by atoms with Gasteiger partial charge in [0, 0.05) is 30.5 Å². The number of aromatic nitrogens is 1. The molecule has 3 heterocycles. The maximum atomic E-state index is 13.5. The lowest BCUT2D eigenvalue weighted by Gasteiger charge is -2.24. The van der Waals surface area contributed by atoms with E-state index in [4.69, 9.17) is 31.5 Å². The Bertz CT molecular complexity index is 1280. The monoisotopic (exact) mass is 570 g/mol. The number of thiazole rings is 1. The van der Waals surface area contributed by atoms with E-state index in [1.807, 2.05) is 6.92 Å². The molecule has 2 saturated heterocycles. The largest absolute Gasteiger partial charge is 0.490 e. The van der Waals surface area contributed by atoms with Crippen molar-refractivity contribution in [2.24, 2.45) is 11.3 Å². The highest BCUT2D eigenvalue weighted by Gasteiger charge is 2.53. The Morgan fingerprint density at radius 3 is 2.72 bits per heavy atom. The second kappa shape index (κ2) is 10.6. The Morgan fingerprint density at radius 1 is 1.50 bits per heavy atom. The Hall–Kier alpha value is -2.22. The zero-order valence-corrected chi connectivity index (χ0v) is 21.1. The number of benzene rings is 1. The third-order valence-electron chi connectivity index (χ3n) is 5.88. The number of hydrogen-bond acceptors (Lipinski definition) is 9. The predicted octanol–water partition coefficient (Wildman–Crippen LogP) is 2.93. The number of aliphatic carboxylic acids is 1. The molecular weight excluding hydrogens is 549 g/mol. The number of aliphatic hydroxyl groups excluding tert-OH is 1. The fourth-order valence-corrected chi connectivity index (χ4v) is 7.24. The molecule has 2 fully saturated rings. The van der Waals surface area contributed by atoms with Gasteiger partial charge >= 0.3 is 12.1 Å². The van der Waals surface area contributed by atoms with E-state index in [0.29, 0.717) is 35.0 Å². The van der Waals surface area contributed by atoms with Crippen molar-refractivity contribution in [1.29, 1.82) is 5.26 Å². The van der Waals surface area contributed by atoms with Crippen LogP contribution in [0.5, 0.6) is 0 Å². The summed E-state index contributed by atoms with van der Waals surface area (Å²) in [6, 6.07) is 5.29. The highest BCUT2D eigenvalue weighted by molar-refractivity contribution is 7.89. The maximum Gasteiger partial charge on any atom is 0.490 e. The molecule has 3 atom stereocenters. The lowest BCUT2D eigenvalue weighted by atomic mass is 9.82. The van der Waals surface area contributed by atoms with E-state index in [1.165, 1.54) is 15.6 Å². The van der Waals surface area contributed by atoms with Gasteiger partial charge in [-0.25, -0.2) is 18.2 Å². The number of nitrogens with one attached hydrogen (secondary N) is 1. The van der Waals surface area contributed by atoms with Gasteiger partial charge in [0.15, 0.2) is 5.13 Å². The second-order valence-electron chi connectivity index (χ2n) is 8.48. The highest BCUT2D eigenvalue weighted by atomic mass is 35.5. The number of halogens is 4. The number of rotatable bonds is 6. The van der Waals surface area contributed by atoms with Crippen molar-refractivity contribution in [2.75, 3.05) is 38.2 Å². The van der Waals surface area contributed by atoms with Crippen LogP contribution < -0.4 is 5.32 Å². The first-order valence-corrected chi connectivity index (χ1v) is 13.1. The summed E-state index contributed by atoms with van der Waals surface area (Å²) in [6.45, 7) is 3.00. The molecule has 1 aromatic carbocycles. The molecule has 0 radical (unpaired) electrons. The number of ether oxygens (including phenoxy) is 1. The number of hydrogen-bond donors (Lipinski definition) is 3. The summed E-state index contributed by atoms with van der Waals surface area (Å²) in [7, 11) is -3.91. The van der Waals surface area contributed by atoms with Gasteiger partial charge in [-0.2, -0.15) is 22.7 Å². The molecule has 10 nitrogen and oxygen atoms in total. The number of sulfonamides is 1. The number of carboxylic acid groups (broad SMARTS) is 1. The van der Waals surface area contributed by atoms with Crippen LogP contribution in [0, 0.1) is 22.7 Å². The average molecular weight is 571 g/mol. The van der Waals surface area contributed by atoms with Crippen molar-refractivity contribution < 1.29 is 41.3 Å². The lowest BCUT2D eigenvalue weighted by molar-refractivity contribution is -0.192. The number of aliphatic hydroxyl groups is 1. The molecule has 198 valence electrons. The van der Waals surface area contributed by atoms with Crippen molar-refractivity contribution in [3.05, 3.63) is 17.2 Å². The number of fused-ring (bicyclic) bond motifs is 2. The summed E-state index contributed by atoms with van der Waals surface area (Å²) >= 11 is 7.66. The molecule has 1 unspecified atom stereocenters. The molecule has 1 aromatic heterocycles. The molecule has 0 aliphatic carbocycles. The average Bonchev–Trinajstić information content (AvgIpc) is 3.45. The molecular formula is C20H22ClF3N4O6S2. The normalized spacial score (nSPS) is 23.0. The third kappa shape index (κ3) is 5.68. The van der Waals surface area contributed by atoms with E-state index >= 15 is 0 Å². The van der Waals surface area contributed by atoms with E-state index in [-0.39, 0.29) is 41.6 Å². The van der Waals surface area contributed by atoms with Gasteiger partial charge in [0.1, 0.15) is 10.4 Å². The van der Waals surface area contributed by atoms with Crippen molar-refractivity contribution in [2.45, 2.75) is 30.5 Å². The summed E-state index contributed by atoms with van der Waals surface area (Å²) < 4.78 is 66.3. The molecule has 36 heavy (non-hydrogen) atoms. The molecule has 16 heteroatoms. The summed E-state index contributed by atoms with van der Waals surface area (Å²) in [5.41, 5.74) is -0.241. The van der Waals surface area contributed by atoms with E-state index in [0.717, 1.165) is 0 Å². The van der Waals surface area contributed by atoms with Crippen LogP contribution in [0.2, 0.25) is 5.02 Å². The van der Waals surface area contributed by atoms with Crippen LogP contribution in [0.1, 0.15) is 13.3 Å². The smallest absolute Gasteiger partial charge is 0.475 e. The van der Waals surface area contributed by atoms with Gasteiger partial charge in [0.2, 0.25) is 10.0 Å². The Morgan fingerprint density at radius 2 is 2.17 bits per heavy atom. The topological polar surface area (TPSA) is 153 Å². The molecule has 2 aliphatic heterocycles. The molecule has 0 amide bonds. The lowest BCUT2D eigenvalue weighted by Crippen LogP contribution is -2.36. The number of anilines is 1. The Balaban J connectivity index is 0.000000454. The van der Waals surface area contributed by atoms with Crippen LogP contribution in [0.25, 0.3) is 10.2 Å². The molecule has 3 N–H and O–H groups in total. The quantitative estimate of drug-likeness (QED) is 0.476. The molecule has 4 rings (SSSR count). The molecule has 2 aliphatic rings. The SMILES string of the molecule is CC(CC#N)Nc1nc2c(S(=O)(=O)N3C[C@@H]4COC[C@]4(CO)C3)c(Cl)ccc2s1.O=C(O)C(F)(F)F. The summed E-state index contributed by atoms with van der Waals surface area (Å²) in [6.07, 6.45) is -4.78. The van der Waals surface area contributed by atoms with Crippen molar-refractivity contribution in [3.63, 3.8) is 0 Å². The minimum absolute atomic E-state index is 0.0112. The Labute approximate surface area is 213 Å². The van der Waals surface area contributed by atoms with E-state index < -0.39 is 27.6 Å². The summed E-state index contributed by atoms with van der Waals surface area (Å²) in [5, 5.41) is 29.6. The van der Waals surface area contributed by atoms with Gasteiger partial charge in [-0.3, -0.25) is 0 Å². The van der Waals surface area contributed by atoms with E-state index in [2.05, 4.69) is 16.4 Å². The highest BCUT2D eigenvalue weighted by Crippen LogP contribution is 2.44. The number of nitriles is 1.